The number of ether oxygens (including phenoxy) is 1. The molecule has 0 unspecified atom stereocenters. The normalized spacial score (nSPS) is 20.2. The van der Waals surface area contributed by atoms with E-state index in [4.69, 9.17) is 21.3 Å². The smallest absolute Gasteiger partial charge is 0.261 e. The van der Waals surface area contributed by atoms with Crippen LogP contribution < -0.4 is 15.1 Å². The topological polar surface area (TPSA) is 101 Å². The Morgan fingerprint density at radius 2 is 2.13 bits per heavy atom. The minimum Gasteiger partial charge on any atom is -0.507 e. The molecule has 202 valence electrons. The van der Waals surface area contributed by atoms with Crippen LogP contribution in [0.4, 0.5) is 10.2 Å². The zero-order valence-corrected chi connectivity index (χ0v) is 22.1. The van der Waals surface area contributed by atoms with Crippen LogP contribution in [0, 0.1) is 5.82 Å². The molecular formula is C27H26ClFN6O4. The summed E-state index contributed by atoms with van der Waals surface area (Å²) >= 11 is 6.80. The third-order valence-electron chi connectivity index (χ3n) is 7.57. The zero-order chi connectivity index (χ0) is 27.6. The molecule has 2 amide bonds. The second-order valence-electron chi connectivity index (χ2n) is 9.77. The van der Waals surface area contributed by atoms with Gasteiger partial charge in [-0.25, -0.2) is 9.37 Å². The minimum atomic E-state index is -0.716. The summed E-state index contributed by atoms with van der Waals surface area (Å²) in [5.74, 6) is -1.32. The molecule has 12 heteroatoms. The molecule has 1 aromatic carbocycles. The maximum Gasteiger partial charge on any atom is 0.261 e. The summed E-state index contributed by atoms with van der Waals surface area (Å²) in [7, 11) is 1.88. The van der Waals surface area contributed by atoms with E-state index in [1.807, 2.05) is 30.1 Å². The van der Waals surface area contributed by atoms with E-state index >= 15 is 4.39 Å². The summed E-state index contributed by atoms with van der Waals surface area (Å²) in [6.45, 7) is 6.83. The van der Waals surface area contributed by atoms with E-state index in [0.717, 1.165) is 17.0 Å². The molecule has 10 nitrogen and oxygen atoms in total. The van der Waals surface area contributed by atoms with E-state index in [2.05, 4.69) is 12.0 Å². The van der Waals surface area contributed by atoms with Crippen LogP contribution in [0.25, 0.3) is 11.3 Å². The van der Waals surface area contributed by atoms with Crippen molar-refractivity contribution in [3.8, 4) is 22.8 Å². The van der Waals surface area contributed by atoms with Crippen LogP contribution in [-0.4, -0.2) is 82.6 Å². The summed E-state index contributed by atoms with van der Waals surface area (Å²) in [5, 5.41) is 12.4. The number of fused-ring (bicyclic) bond motifs is 3. The number of phenolic OH excluding ortho intramolecular Hbond substituents is 1. The first kappa shape index (κ1) is 25.1. The van der Waals surface area contributed by atoms with E-state index in [-0.39, 0.29) is 70.7 Å². The summed E-state index contributed by atoms with van der Waals surface area (Å²) in [4.78, 5) is 36.3. The number of rotatable bonds is 3. The Morgan fingerprint density at radius 3 is 2.85 bits per heavy atom. The standard InChI is InChI=1S/C27H26ClFN6O4/c1-4-19(37)33-8-9-34-16(12-33)13-39-25-21(27(34)38)26(35-11-15-10-30-32(3)24(15)14(35)2)31-23(22(25)28)20-17(29)6-5-7-18(20)36/h4-7,10,16,30,36H,1,8-9,11-13H2,2-3H3/t16-/m1/s1. The minimum absolute atomic E-state index is 0.0348. The highest BCUT2D eigenvalue weighted by molar-refractivity contribution is 6.35. The van der Waals surface area contributed by atoms with Crippen molar-refractivity contribution in [2.45, 2.75) is 13.0 Å². The number of hydrazine groups is 1. The molecule has 5 heterocycles. The average molecular weight is 553 g/mol. The van der Waals surface area contributed by atoms with E-state index in [1.165, 1.54) is 24.3 Å². The summed E-state index contributed by atoms with van der Waals surface area (Å²) in [6, 6.07) is 3.49. The van der Waals surface area contributed by atoms with E-state index in [0.29, 0.717) is 13.1 Å². The Kier molecular flexibility index (Phi) is 5.91. The third kappa shape index (κ3) is 3.79. The number of carbonyl (C=O) groups is 2. The maximum atomic E-state index is 15.1. The summed E-state index contributed by atoms with van der Waals surface area (Å²) in [6.07, 6.45) is 3.12. The molecule has 0 radical (unpaired) electrons. The fourth-order valence-electron chi connectivity index (χ4n) is 5.65. The number of nitrogens with zero attached hydrogens (tertiary/aromatic N) is 5. The Balaban J connectivity index is 1.54. The Bertz CT molecular complexity index is 1490. The van der Waals surface area contributed by atoms with Crippen LogP contribution in [0.1, 0.15) is 17.3 Å². The van der Waals surface area contributed by atoms with Crippen LogP contribution in [-0.2, 0) is 4.79 Å². The number of phenols is 1. The van der Waals surface area contributed by atoms with Gasteiger partial charge in [0.1, 0.15) is 34.5 Å². The van der Waals surface area contributed by atoms with Crippen LogP contribution in [0.2, 0.25) is 5.02 Å². The fraction of sp³-hybridized carbons (Fsp3) is 0.296. The number of allylic oxidation sites excluding steroid dienone is 1. The van der Waals surface area contributed by atoms with Crippen molar-refractivity contribution >= 4 is 29.2 Å². The number of nitrogens with one attached hydrogen (secondary N) is 1. The van der Waals surface area contributed by atoms with Gasteiger partial charge in [-0.2, -0.15) is 0 Å². The van der Waals surface area contributed by atoms with Gasteiger partial charge >= 0.3 is 0 Å². The first-order valence-corrected chi connectivity index (χ1v) is 12.8. The summed E-state index contributed by atoms with van der Waals surface area (Å²) in [5.41, 5.74) is 5.83. The van der Waals surface area contributed by atoms with Crippen molar-refractivity contribution in [2.75, 3.05) is 44.7 Å². The number of anilines is 1. The maximum absolute atomic E-state index is 15.1. The lowest BCUT2D eigenvalue weighted by Gasteiger charge is -2.39. The fourth-order valence-corrected chi connectivity index (χ4v) is 5.94. The van der Waals surface area contributed by atoms with Crippen LogP contribution in [0.15, 0.2) is 54.0 Å². The van der Waals surface area contributed by atoms with Gasteiger partial charge in [0, 0.05) is 44.2 Å². The summed E-state index contributed by atoms with van der Waals surface area (Å²) < 4.78 is 21.2. The van der Waals surface area contributed by atoms with E-state index in [9.17, 15) is 14.7 Å². The molecule has 1 aromatic heterocycles. The predicted octanol–water partition coefficient (Wildman–Crippen LogP) is 2.86. The largest absolute Gasteiger partial charge is 0.507 e. The molecular weight excluding hydrogens is 527 g/mol. The van der Waals surface area contributed by atoms with Crippen molar-refractivity contribution in [2.24, 2.45) is 0 Å². The number of aromatic hydroxyl groups is 1. The molecule has 0 spiro atoms. The van der Waals surface area contributed by atoms with Gasteiger partial charge < -0.3 is 30.0 Å². The van der Waals surface area contributed by atoms with Crippen molar-refractivity contribution < 1.29 is 23.8 Å². The molecule has 1 atom stereocenters. The number of hydrogen-bond donors (Lipinski definition) is 2. The highest BCUT2D eigenvalue weighted by Gasteiger charge is 2.42. The molecule has 0 aliphatic carbocycles. The molecule has 4 aliphatic rings. The molecule has 4 aliphatic heterocycles. The van der Waals surface area contributed by atoms with Crippen molar-refractivity contribution in [1.29, 1.82) is 0 Å². The Morgan fingerprint density at radius 1 is 1.33 bits per heavy atom. The van der Waals surface area contributed by atoms with Gasteiger partial charge in [0.05, 0.1) is 23.8 Å². The van der Waals surface area contributed by atoms with Crippen molar-refractivity contribution in [1.82, 2.24) is 25.2 Å². The number of aromatic nitrogens is 1. The van der Waals surface area contributed by atoms with Crippen LogP contribution >= 0.6 is 11.6 Å². The van der Waals surface area contributed by atoms with Crippen LogP contribution in [0.5, 0.6) is 11.5 Å². The lowest BCUT2D eigenvalue weighted by molar-refractivity contribution is -0.128. The first-order valence-electron chi connectivity index (χ1n) is 12.5. The zero-order valence-electron chi connectivity index (χ0n) is 21.4. The molecule has 6 rings (SSSR count). The molecule has 2 aromatic rings. The number of halogens is 2. The van der Waals surface area contributed by atoms with E-state index < -0.39 is 11.9 Å². The van der Waals surface area contributed by atoms with Gasteiger partial charge in [0.2, 0.25) is 5.91 Å². The molecule has 39 heavy (non-hydrogen) atoms. The highest BCUT2D eigenvalue weighted by atomic mass is 35.5. The predicted molar refractivity (Wildman–Crippen MR) is 142 cm³/mol. The number of amides is 2. The number of pyridine rings is 1. The lowest BCUT2D eigenvalue weighted by atomic mass is 10.1. The van der Waals surface area contributed by atoms with Gasteiger partial charge in [-0.1, -0.05) is 24.2 Å². The molecule has 0 saturated carbocycles. The number of carbonyl (C=O) groups excluding carboxylic acids is 2. The SMILES string of the molecule is C=CC(=O)N1CCN2C(=O)c3c(N4CC5=CNN(C)C5=C4C)nc(-c4c(O)cccc4F)c(Cl)c3OC[C@H]2C1. The van der Waals surface area contributed by atoms with E-state index in [1.54, 1.807) is 9.80 Å². The monoisotopic (exact) mass is 552 g/mol. The third-order valence-corrected chi connectivity index (χ3v) is 7.92. The second kappa shape index (κ2) is 9.19. The van der Waals surface area contributed by atoms with Crippen molar-refractivity contribution in [3.05, 3.63) is 70.4 Å². The van der Waals surface area contributed by atoms with Gasteiger partial charge in [0.25, 0.3) is 5.91 Å². The average Bonchev–Trinajstić information content (AvgIpc) is 3.41. The highest BCUT2D eigenvalue weighted by Crippen LogP contribution is 2.47. The Hall–Kier alpha value is -4.25. The quantitative estimate of drug-likeness (QED) is 0.561. The molecule has 1 fully saturated rings. The Labute approximate surface area is 229 Å². The van der Waals surface area contributed by atoms with Gasteiger partial charge in [-0.3, -0.25) is 14.6 Å². The lowest BCUT2D eigenvalue weighted by Crippen LogP contribution is -2.57. The second-order valence-corrected chi connectivity index (χ2v) is 10.1. The van der Waals surface area contributed by atoms with Gasteiger partial charge in [-0.15, -0.1) is 0 Å². The number of benzene rings is 1. The molecule has 1 saturated heterocycles. The van der Waals surface area contributed by atoms with Crippen LogP contribution in [0.3, 0.4) is 0 Å². The van der Waals surface area contributed by atoms with Gasteiger partial charge in [0.15, 0.2) is 11.6 Å². The molecule has 2 N–H and O–H groups in total. The number of likely N-dealkylation sites (N-methyl/N-ethyl adjacent to an activating group) is 1. The first-order chi connectivity index (χ1) is 18.7. The van der Waals surface area contributed by atoms with Gasteiger partial charge in [-0.05, 0) is 25.1 Å². The number of hydrogen-bond acceptors (Lipinski definition) is 8. The number of piperazine rings is 1. The molecule has 0 bridgehead atoms. The van der Waals surface area contributed by atoms with Crippen molar-refractivity contribution in [3.63, 3.8) is 0 Å².